The Bertz CT molecular complexity index is 368. The fourth-order valence-electron chi connectivity index (χ4n) is 1.45. The van der Waals surface area contributed by atoms with Gasteiger partial charge in [0.2, 0.25) is 0 Å². The summed E-state index contributed by atoms with van der Waals surface area (Å²) in [5, 5.41) is 3.82. The molecule has 0 saturated carbocycles. The second-order valence-corrected chi connectivity index (χ2v) is 5.11. The quantitative estimate of drug-likeness (QED) is 0.828. The molecular formula is C14H20BrNO. The highest BCUT2D eigenvalue weighted by Crippen LogP contribution is 2.14. The molecule has 1 aromatic rings. The van der Waals surface area contributed by atoms with Gasteiger partial charge in [-0.05, 0) is 37.5 Å². The van der Waals surface area contributed by atoms with Gasteiger partial charge in [-0.2, -0.15) is 0 Å². The SMILES string of the molecule is CCc1ccc(C(=O)NC(C)(CC)CBr)cc1. The maximum atomic E-state index is 12.0. The molecule has 0 aromatic heterocycles. The van der Waals surface area contributed by atoms with Gasteiger partial charge in [-0.25, -0.2) is 0 Å². The number of benzene rings is 1. The van der Waals surface area contributed by atoms with Crippen LogP contribution in [0.5, 0.6) is 0 Å². The van der Waals surface area contributed by atoms with Gasteiger partial charge in [-0.15, -0.1) is 0 Å². The van der Waals surface area contributed by atoms with Gasteiger partial charge >= 0.3 is 0 Å². The number of nitrogens with one attached hydrogen (secondary N) is 1. The van der Waals surface area contributed by atoms with Crippen LogP contribution in [0.1, 0.15) is 43.1 Å². The van der Waals surface area contributed by atoms with Crippen LogP contribution in [0.3, 0.4) is 0 Å². The Morgan fingerprint density at radius 2 is 1.88 bits per heavy atom. The third kappa shape index (κ3) is 3.84. The lowest BCUT2D eigenvalue weighted by Gasteiger charge is -2.27. The summed E-state index contributed by atoms with van der Waals surface area (Å²) in [5.41, 5.74) is 1.80. The van der Waals surface area contributed by atoms with Crippen molar-refractivity contribution in [3.8, 4) is 0 Å². The standard InChI is InChI=1S/C14H20BrNO/c1-4-11-6-8-12(9-7-11)13(17)16-14(3,5-2)10-15/h6-9H,4-5,10H2,1-3H3,(H,16,17). The monoisotopic (exact) mass is 297 g/mol. The first kappa shape index (κ1) is 14.2. The zero-order chi connectivity index (χ0) is 12.9. The van der Waals surface area contributed by atoms with E-state index in [2.05, 4.69) is 35.1 Å². The zero-order valence-corrected chi connectivity index (χ0v) is 12.3. The van der Waals surface area contributed by atoms with Crippen molar-refractivity contribution in [1.29, 1.82) is 0 Å². The minimum atomic E-state index is -0.180. The van der Waals surface area contributed by atoms with Gasteiger partial charge in [0.05, 0.1) is 0 Å². The molecule has 17 heavy (non-hydrogen) atoms. The van der Waals surface area contributed by atoms with Crippen LogP contribution >= 0.6 is 15.9 Å². The number of halogens is 1. The van der Waals surface area contributed by atoms with E-state index in [9.17, 15) is 4.79 Å². The molecule has 0 spiro atoms. The van der Waals surface area contributed by atoms with Gasteiger partial charge in [0, 0.05) is 16.4 Å². The Kier molecular flexibility index (Phi) is 5.19. The van der Waals surface area contributed by atoms with Crippen LogP contribution in [0.25, 0.3) is 0 Å². The van der Waals surface area contributed by atoms with E-state index in [0.717, 1.165) is 23.7 Å². The minimum absolute atomic E-state index is 0.00328. The molecule has 0 fully saturated rings. The molecule has 1 atom stereocenters. The highest BCUT2D eigenvalue weighted by molar-refractivity contribution is 9.09. The van der Waals surface area contributed by atoms with E-state index in [4.69, 9.17) is 0 Å². The first-order valence-corrected chi connectivity index (χ1v) is 7.14. The van der Waals surface area contributed by atoms with Crippen molar-refractivity contribution < 1.29 is 4.79 Å². The molecule has 2 nitrogen and oxygen atoms in total. The van der Waals surface area contributed by atoms with E-state index < -0.39 is 0 Å². The largest absolute Gasteiger partial charge is 0.346 e. The van der Waals surface area contributed by atoms with Gasteiger partial charge in [0.15, 0.2) is 0 Å². The lowest BCUT2D eigenvalue weighted by atomic mass is 10.0. The van der Waals surface area contributed by atoms with Crippen molar-refractivity contribution in [2.45, 2.75) is 39.2 Å². The molecule has 94 valence electrons. The van der Waals surface area contributed by atoms with E-state index >= 15 is 0 Å². The van der Waals surface area contributed by atoms with Crippen molar-refractivity contribution in [3.05, 3.63) is 35.4 Å². The summed E-state index contributed by atoms with van der Waals surface area (Å²) in [4.78, 5) is 12.0. The van der Waals surface area contributed by atoms with Crippen molar-refractivity contribution in [1.82, 2.24) is 5.32 Å². The average Bonchev–Trinajstić information content (AvgIpc) is 2.38. The molecule has 0 aliphatic heterocycles. The van der Waals surface area contributed by atoms with Gasteiger partial charge < -0.3 is 5.32 Å². The summed E-state index contributed by atoms with van der Waals surface area (Å²) < 4.78 is 0. The van der Waals surface area contributed by atoms with Crippen LogP contribution in [0, 0.1) is 0 Å². The van der Waals surface area contributed by atoms with Crippen molar-refractivity contribution in [2.24, 2.45) is 0 Å². The Labute approximate surface area is 112 Å². The number of carbonyl (C=O) groups is 1. The van der Waals surface area contributed by atoms with Gasteiger partial charge in [0.25, 0.3) is 5.91 Å². The molecule has 1 N–H and O–H groups in total. The molecule has 0 aliphatic carbocycles. The van der Waals surface area contributed by atoms with Crippen LogP contribution in [-0.4, -0.2) is 16.8 Å². The molecule has 0 saturated heterocycles. The normalized spacial score (nSPS) is 14.1. The maximum absolute atomic E-state index is 12.0. The molecule has 1 rings (SSSR count). The number of aryl methyl sites for hydroxylation is 1. The summed E-state index contributed by atoms with van der Waals surface area (Å²) in [5.74, 6) is -0.00328. The fourth-order valence-corrected chi connectivity index (χ4v) is 1.99. The Balaban J connectivity index is 2.75. The predicted molar refractivity (Wildman–Crippen MR) is 75.8 cm³/mol. The van der Waals surface area contributed by atoms with E-state index in [1.807, 2.05) is 31.2 Å². The highest BCUT2D eigenvalue weighted by atomic mass is 79.9. The highest BCUT2D eigenvalue weighted by Gasteiger charge is 2.23. The van der Waals surface area contributed by atoms with Gasteiger partial charge in [-0.1, -0.05) is 41.9 Å². The average molecular weight is 298 g/mol. The molecule has 0 radical (unpaired) electrons. The van der Waals surface area contributed by atoms with E-state index in [1.165, 1.54) is 5.56 Å². The number of hydrogen-bond acceptors (Lipinski definition) is 1. The number of alkyl halides is 1. The van der Waals surface area contributed by atoms with Crippen LogP contribution in [0.2, 0.25) is 0 Å². The fraction of sp³-hybridized carbons (Fsp3) is 0.500. The number of hydrogen-bond donors (Lipinski definition) is 1. The van der Waals surface area contributed by atoms with Crippen LogP contribution in [0.15, 0.2) is 24.3 Å². The Hall–Kier alpha value is -0.830. The number of carbonyl (C=O) groups excluding carboxylic acids is 1. The van der Waals surface area contributed by atoms with Crippen molar-refractivity contribution >= 4 is 21.8 Å². The topological polar surface area (TPSA) is 29.1 Å². The number of amides is 1. The summed E-state index contributed by atoms with van der Waals surface area (Å²) in [6.07, 6.45) is 1.90. The molecular weight excluding hydrogens is 278 g/mol. The Morgan fingerprint density at radius 3 is 2.29 bits per heavy atom. The molecule has 0 bridgehead atoms. The first-order chi connectivity index (χ1) is 8.04. The number of rotatable bonds is 5. The minimum Gasteiger partial charge on any atom is -0.346 e. The first-order valence-electron chi connectivity index (χ1n) is 6.02. The Morgan fingerprint density at radius 1 is 1.29 bits per heavy atom. The van der Waals surface area contributed by atoms with Crippen LogP contribution in [-0.2, 0) is 6.42 Å². The van der Waals surface area contributed by atoms with E-state index in [-0.39, 0.29) is 11.4 Å². The van der Waals surface area contributed by atoms with Crippen molar-refractivity contribution in [3.63, 3.8) is 0 Å². The molecule has 1 aromatic carbocycles. The smallest absolute Gasteiger partial charge is 0.251 e. The summed E-state index contributed by atoms with van der Waals surface area (Å²) in [7, 11) is 0. The van der Waals surface area contributed by atoms with Crippen LogP contribution < -0.4 is 5.32 Å². The third-order valence-corrected chi connectivity index (χ3v) is 4.35. The third-order valence-electron chi connectivity index (χ3n) is 3.11. The molecule has 0 aliphatic rings. The summed E-state index contributed by atoms with van der Waals surface area (Å²) in [6, 6.07) is 7.79. The molecule has 1 amide bonds. The van der Waals surface area contributed by atoms with E-state index in [1.54, 1.807) is 0 Å². The summed E-state index contributed by atoms with van der Waals surface area (Å²) in [6.45, 7) is 6.22. The molecule has 3 heteroatoms. The van der Waals surface area contributed by atoms with Crippen molar-refractivity contribution in [2.75, 3.05) is 5.33 Å². The summed E-state index contributed by atoms with van der Waals surface area (Å²) >= 11 is 3.44. The van der Waals surface area contributed by atoms with Crippen LogP contribution in [0.4, 0.5) is 0 Å². The zero-order valence-electron chi connectivity index (χ0n) is 10.7. The lowest BCUT2D eigenvalue weighted by Crippen LogP contribution is -2.46. The second-order valence-electron chi connectivity index (χ2n) is 4.55. The maximum Gasteiger partial charge on any atom is 0.251 e. The second kappa shape index (κ2) is 6.20. The lowest BCUT2D eigenvalue weighted by molar-refractivity contribution is 0.0913. The molecule has 0 heterocycles. The van der Waals surface area contributed by atoms with Gasteiger partial charge in [-0.3, -0.25) is 4.79 Å². The predicted octanol–water partition coefficient (Wildman–Crippen LogP) is 3.54. The van der Waals surface area contributed by atoms with Gasteiger partial charge in [0.1, 0.15) is 0 Å². The van der Waals surface area contributed by atoms with E-state index in [0.29, 0.717) is 0 Å². The molecule has 1 unspecified atom stereocenters.